The van der Waals surface area contributed by atoms with Crippen molar-refractivity contribution >= 4 is 22.8 Å². The van der Waals surface area contributed by atoms with Gasteiger partial charge in [-0.1, -0.05) is 0 Å². The second-order valence-electron chi connectivity index (χ2n) is 8.56. The van der Waals surface area contributed by atoms with Gasteiger partial charge < -0.3 is 15.7 Å². The molecule has 2 aromatic heterocycles. The van der Waals surface area contributed by atoms with Crippen molar-refractivity contribution in [3.05, 3.63) is 63.7 Å². The molecule has 0 aliphatic carbocycles. The zero-order valence-corrected chi connectivity index (χ0v) is 17.4. The molecule has 168 valence electrons. The lowest BCUT2D eigenvalue weighted by atomic mass is 9.88. The third-order valence-corrected chi connectivity index (χ3v) is 5.85. The van der Waals surface area contributed by atoms with Crippen LogP contribution >= 0.6 is 0 Å². The first kappa shape index (κ1) is 21.8. The molecule has 0 spiro atoms. The Morgan fingerprint density at radius 3 is 2.53 bits per heavy atom. The van der Waals surface area contributed by atoms with E-state index in [1.807, 2.05) is 13.8 Å². The highest BCUT2D eigenvalue weighted by atomic mass is 19.1. The number of benzene rings is 1. The van der Waals surface area contributed by atoms with Crippen molar-refractivity contribution < 1.29 is 23.1 Å². The van der Waals surface area contributed by atoms with Gasteiger partial charge in [-0.25, -0.2) is 22.9 Å². The summed E-state index contributed by atoms with van der Waals surface area (Å²) >= 11 is 0. The lowest BCUT2D eigenvalue weighted by molar-refractivity contribution is 0.0695. The first-order valence-electron chi connectivity index (χ1n) is 9.96. The first-order chi connectivity index (χ1) is 15.0. The van der Waals surface area contributed by atoms with Gasteiger partial charge in [0.1, 0.15) is 17.2 Å². The Labute approximate surface area is 180 Å². The van der Waals surface area contributed by atoms with Crippen LogP contribution in [0.2, 0.25) is 0 Å². The molecule has 10 heteroatoms. The first-order valence-corrected chi connectivity index (χ1v) is 9.96. The Morgan fingerprint density at radius 2 is 1.94 bits per heavy atom. The summed E-state index contributed by atoms with van der Waals surface area (Å²) in [6, 6.07) is 3.61. The van der Waals surface area contributed by atoms with Crippen molar-refractivity contribution in [1.82, 2.24) is 9.55 Å². The number of nitrogens with zero attached hydrogens (tertiary/aromatic N) is 3. The van der Waals surface area contributed by atoms with E-state index in [2.05, 4.69) is 4.98 Å². The largest absolute Gasteiger partial charge is 0.477 e. The maximum absolute atomic E-state index is 15.0. The summed E-state index contributed by atoms with van der Waals surface area (Å²) in [4.78, 5) is 30.2. The number of rotatable bonds is 4. The fraction of sp³-hybridized carbons (Fsp3) is 0.318. The lowest BCUT2D eigenvalue weighted by Crippen LogP contribution is -2.42. The molecule has 1 saturated heterocycles. The molecule has 32 heavy (non-hydrogen) atoms. The highest BCUT2D eigenvalue weighted by Crippen LogP contribution is 2.31. The summed E-state index contributed by atoms with van der Waals surface area (Å²) in [6.45, 7) is 4.67. The van der Waals surface area contributed by atoms with E-state index < -0.39 is 40.0 Å². The van der Waals surface area contributed by atoms with Gasteiger partial charge in [-0.3, -0.25) is 9.36 Å². The summed E-state index contributed by atoms with van der Waals surface area (Å²) in [5.41, 5.74) is 3.68. The quantitative estimate of drug-likeness (QED) is 0.639. The van der Waals surface area contributed by atoms with Gasteiger partial charge in [-0.05, 0) is 44.4 Å². The number of hydrogen-bond donors (Lipinski definition) is 2. The van der Waals surface area contributed by atoms with Gasteiger partial charge >= 0.3 is 5.97 Å². The zero-order chi connectivity index (χ0) is 23.4. The Kier molecular flexibility index (Phi) is 5.20. The summed E-state index contributed by atoms with van der Waals surface area (Å²) in [6.07, 6.45) is 1.62. The summed E-state index contributed by atoms with van der Waals surface area (Å²) in [7, 11) is 0. The molecule has 0 bridgehead atoms. The van der Waals surface area contributed by atoms with Crippen molar-refractivity contribution in [1.29, 1.82) is 0 Å². The molecule has 0 amide bonds. The minimum atomic E-state index is -1.56. The second kappa shape index (κ2) is 7.63. The summed E-state index contributed by atoms with van der Waals surface area (Å²) in [5, 5.41) is 9.08. The van der Waals surface area contributed by atoms with Crippen LogP contribution in [0.4, 0.5) is 19.0 Å². The van der Waals surface area contributed by atoms with Crippen LogP contribution in [-0.2, 0) is 0 Å². The molecule has 7 nitrogen and oxygen atoms in total. The number of carboxylic acid groups (broad SMARTS) is 1. The maximum atomic E-state index is 15.0. The van der Waals surface area contributed by atoms with E-state index in [1.165, 1.54) is 0 Å². The van der Waals surface area contributed by atoms with Crippen LogP contribution in [0.5, 0.6) is 0 Å². The molecule has 1 aromatic carbocycles. The van der Waals surface area contributed by atoms with Gasteiger partial charge in [0.15, 0.2) is 17.3 Å². The molecule has 3 heterocycles. The molecule has 1 atom stereocenters. The standard InChI is InChI=1S/C22H21F3N4O3/c1-22(2,26)11-5-6-28(9-11)20-16(25)8-13-18(30)14(21(31)32)10-29(19(13)27-20)17-4-3-12(23)7-15(17)24/h3-4,7-8,10-11H,5-6,9,26H2,1-2H3,(H,31,32)/t11-/m1/s1. The number of aromatic carboxylic acids is 1. The summed E-state index contributed by atoms with van der Waals surface area (Å²) < 4.78 is 44.0. The predicted octanol–water partition coefficient (Wildman–Crippen LogP) is 3.06. The van der Waals surface area contributed by atoms with Crippen LogP contribution in [0.15, 0.2) is 35.3 Å². The normalized spacial score (nSPS) is 16.7. The van der Waals surface area contributed by atoms with Crippen molar-refractivity contribution in [3.8, 4) is 5.69 Å². The Balaban J connectivity index is 1.96. The molecule has 1 aliphatic heterocycles. The van der Waals surface area contributed by atoms with Crippen LogP contribution in [0.3, 0.4) is 0 Å². The average molecular weight is 446 g/mol. The minimum Gasteiger partial charge on any atom is -0.477 e. The molecule has 3 N–H and O–H groups in total. The van der Waals surface area contributed by atoms with E-state index in [1.54, 1.807) is 4.90 Å². The fourth-order valence-corrected chi connectivity index (χ4v) is 4.01. The van der Waals surface area contributed by atoms with Gasteiger partial charge in [0.05, 0.1) is 11.1 Å². The van der Waals surface area contributed by atoms with Gasteiger partial charge in [-0.2, -0.15) is 0 Å². The number of anilines is 1. The van der Waals surface area contributed by atoms with Crippen LogP contribution in [0.25, 0.3) is 16.7 Å². The van der Waals surface area contributed by atoms with E-state index in [-0.39, 0.29) is 28.5 Å². The monoisotopic (exact) mass is 446 g/mol. The van der Waals surface area contributed by atoms with E-state index in [9.17, 15) is 23.5 Å². The smallest absolute Gasteiger partial charge is 0.341 e. The van der Waals surface area contributed by atoms with Gasteiger partial charge in [0.2, 0.25) is 5.43 Å². The predicted molar refractivity (Wildman–Crippen MR) is 113 cm³/mol. The zero-order valence-electron chi connectivity index (χ0n) is 17.4. The molecular formula is C22H21F3N4O3. The number of aromatic nitrogens is 2. The van der Waals surface area contributed by atoms with E-state index in [4.69, 9.17) is 5.73 Å². The average Bonchev–Trinajstić information content (AvgIpc) is 3.19. The minimum absolute atomic E-state index is 0.0528. The van der Waals surface area contributed by atoms with Crippen LogP contribution < -0.4 is 16.1 Å². The number of pyridine rings is 2. The third-order valence-electron chi connectivity index (χ3n) is 5.85. The van der Waals surface area contributed by atoms with Crippen molar-refractivity contribution in [2.75, 3.05) is 18.0 Å². The van der Waals surface area contributed by atoms with Crippen LogP contribution in [0.1, 0.15) is 30.6 Å². The molecule has 1 fully saturated rings. The number of nitrogens with two attached hydrogens (primary N) is 1. The van der Waals surface area contributed by atoms with E-state index in [0.29, 0.717) is 25.6 Å². The van der Waals surface area contributed by atoms with Crippen molar-refractivity contribution in [2.24, 2.45) is 11.7 Å². The molecule has 0 radical (unpaired) electrons. The number of halogens is 3. The molecule has 0 saturated carbocycles. The molecular weight excluding hydrogens is 425 g/mol. The Bertz CT molecular complexity index is 1300. The van der Waals surface area contributed by atoms with E-state index >= 15 is 4.39 Å². The highest BCUT2D eigenvalue weighted by Gasteiger charge is 2.34. The topological polar surface area (TPSA) is 101 Å². The molecule has 3 aromatic rings. The third kappa shape index (κ3) is 3.70. The fourth-order valence-electron chi connectivity index (χ4n) is 4.01. The number of carbonyl (C=O) groups is 1. The Morgan fingerprint density at radius 1 is 1.22 bits per heavy atom. The number of hydrogen-bond acceptors (Lipinski definition) is 5. The second-order valence-corrected chi connectivity index (χ2v) is 8.56. The SMILES string of the molecule is CC(C)(N)[C@@H]1CCN(c2nc3c(cc2F)c(=O)c(C(=O)O)cn3-c2ccc(F)cc2F)C1. The van der Waals surface area contributed by atoms with Crippen LogP contribution in [-0.4, -0.2) is 39.3 Å². The number of fused-ring (bicyclic) bond motifs is 1. The van der Waals surface area contributed by atoms with Gasteiger partial charge in [0, 0.05) is 30.9 Å². The van der Waals surface area contributed by atoms with Crippen molar-refractivity contribution in [2.45, 2.75) is 25.8 Å². The molecule has 1 aliphatic rings. The Hall–Kier alpha value is -3.40. The van der Waals surface area contributed by atoms with Crippen LogP contribution in [0, 0.1) is 23.4 Å². The van der Waals surface area contributed by atoms with E-state index in [0.717, 1.165) is 29.0 Å². The molecule has 4 rings (SSSR count). The summed E-state index contributed by atoms with van der Waals surface area (Å²) in [5.74, 6) is -4.18. The van der Waals surface area contributed by atoms with Gasteiger partial charge in [-0.15, -0.1) is 0 Å². The lowest BCUT2D eigenvalue weighted by Gasteiger charge is -2.27. The molecule has 0 unspecified atom stereocenters. The number of carboxylic acids is 1. The highest BCUT2D eigenvalue weighted by molar-refractivity contribution is 5.92. The van der Waals surface area contributed by atoms with Gasteiger partial charge in [0.25, 0.3) is 0 Å². The maximum Gasteiger partial charge on any atom is 0.341 e. The van der Waals surface area contributed by atoms with Crippen molar-refractivity contribution in [3.63, 3.8) is 0 Å².